The van der Waals surface area contributed by atoms with Crippen molar-refractivity contribution in [2.75, 3.05) is 32.9 Å². The SMILES string of the molecule is OC(COC1CCOCC1)CN1CCCC1C1CCCCC1. The molecule has 0 aromatic rings. The van der Waals surface area contributed by atoms with Crippen LogP contribution in [0, 0.1) is 5.92 Å². The first kappa shape index (κ1) is 16.7. The summed E-state index contributed by atoms with van der Waals surface area (Å²) < 4.78 is 11.2. The van der Waals surface area contributed by atoms with E-state index in [1.807, 2.05) is 0 Å². The molecule has 4 nitrogen and oxygen atoms in total. The maximum atomic E-state index is 10.4. The number of nitrogens with zero attached hydrogens (tertiary/aromatic N) is 1. The van der Waals surface area contributed by atoms with Gasteiger partial charge in [0.05, 0.1) is 18.8 Å². The van der Waals surface area contributed by atoms with E-state index in [-0.39, 0.29) is 12.2 Å². The van der Waals surface area contributed by atoms with Gasteiger partial charge in [-0.2, -0.15) is 0 Å². The largest absolute Gasteiger partial charge is 0.389 e. The minimum atomic E-state index is -0.341. The molecule has 0 bridgehead atoms. The molecule has 2 atom stereocenters. The maximum Gasteiger partial charge on any atom is 0.0900 e. The third-order valence-electron chi connectivity index (χ3n) is 5.75. The van der Waals surface area contributed by atoms with Crippen molar-refractivity contribution in [3.63, 3.8) is 0 Å². The van der Waals surface area contributed by atoms with Crippen molar-refractivity contribution in [3.05, 3.63) is 0 Å². The van der Waals surface area contributed by atoms with Gasteiger partial charge in [-0.3, -0.25) is 4.90 Å². The molecule has 2 saturated heterocycles. The topological polar surface area (TPSA) is 41.9 Å². The first-order valence-electron chi connectivity index (χ1n) is 9.44. The van der Waals surface area contributed by atoms with Crippen molar-refractivity contribution in [2.24, 2.45) is 5.92 Å². The zero-order chi connectivity index (χ0) is 15.2. The van der Waals surface area contributed by atoms with Gasteiger partial charge in [0.2, 0.25) is 0 Å². The third kappa shape index (κ3) is 4.67. The Morgan fingerprint density at radius 2 is 1.77 bits per heavy atom. The highest BCUT2D eigenvalue weighted by molar-refractivity contribution is 4.87. The van der Waals surface area contributed by atoms with Crippen LogP contribution >= 0.6 is 0 Å². The van der Waals surface area contributed by atoms with E-state index >= 15 is 0 Å². The molecule has 2 aliphatic heterocycles. The van der Waals surface area contributed by atoms with Crippen LogP contribution in [0.3, 0.4) is 0 Å². The minimum Gasteiger partial charge on any atom is -0.389 e. The van der Waals surface area contributed by atoms with Crippen LogP contribution in [0.2, 0.25) is 0 Å². The summed E-state index contributed by atoms with van der Waals surface area (Å²) in [5, 5.41) is 10.4. The number of rotatable bonds is 6. The van der Waals surface area contributed by atoms with Crippen LogP contribution in [0.4, 0.5) is 0 Å². The third-order valence-corrected chi connectivity index (χ3v) is 5.75. The monoisotopic (exact) mass is 311 g/mol. The van der Waals surface area contributed by atoms with Gasteiger partial charge in [0.25, 0.3) is 0 Å². The van der Waals surface area contributed by atoms with E-state index in [1.165, 1.54) is 44.9 Å². The summed E-state index contributed by atoms with van der Waals surface area (Å²) in [7, 11) is 0. The molecule has 1 aliphatic carbocycles. The lowest BCUT2D eigenvalue weighted by Crippen LogP contribution is -2.42. The van der Waals surface area contributed by atoms with E-state index in [2.05, 4.69) is 4.90 Å². The van der Waals surface area contributed by atoms with Crippen molar-refractivity contribution in [1.29, 1.82) is 0 Å². The quantitative estimate of drug-likeness (QED) is 0.819. The van der Waals surface area contributed by atoms with E-state index in [4.69, 9.17) is 9.47 Å². The van der Waals surface area contributed by atoms with Gasteiger partial charge >= 0.3 is 0 Å². The second-order valence-electron chi connectivity index (χ2n) is 7.40. The Morgan fingerprint density at radius 3 is 2.55 bits per heavy atom. The average Bonchev–Trinajstić information content (AvgIpc) is 3.03. The molecule has 0 radical (unpaired) electrons. The van der Waals surface area contributed by atoms with Crippen LogP contribution in [0.5, 0.6) is 0 Å². The molecule has 0 aromatic carbocycles. The summed E-state index contributed by atoms with van der Waals surface area (Å²) in [4.78, 5) is 2.55. The number of ether oxygens (including phenoxy) is 2. The molecule has 2 unspecified atom stereocenters. The average molecular weight is 311 g/mol. The highest BCUT2D eigenvalue weighted by atomic mass is 16.5. The van der Waals surface area contributed by atoms with E-state index < -0.39 is 0 Å². The number of aliphatic hydroxyl groups excluding tert-OH is 1. The zero-order valence-corrected chi connectivity index (χ0v) is 13.9. The highest BCUT2D eigenvalue weighted by Gasteiger charge is 2.33. The van der Waals surface area contributed by atoms with Gasteiger partial charge in [0.1, 0.15) is 0 Å². The normalized spacial score (nSPS) is 30.7. The number of hydrogen-bond acceptors (Lipinski definition) is 4. The highest BCUT2D eigenvalue weighted by Crippen LogP contribution is 2.34. The molecule has 3 rings (SSSR count). The van der Waals surface area contributed by atoms with Crippen molar-refractivity contribution >= 4 is 0 Å². The molecular weight excluding hydrogens is 278 g/mol. The first-order chi connectivity index (χ1) is 10.8. The lowest BCUT2D eigenvalue weighted by molar-refractivity contribution is -0.0658. The number of hydrogen-bond donors (Lipinski definition) is 1. The predicted molar refractivity (Wildman–Crippen MR) is 87.0 cm³/mol. The molecule has 128 valence electrons. The molecule has 0 spiro atoms. The minimum absolute atomic E-state index is 0.288. The standard InChI is InChI=1S/C18H33NO3/c20-16(14-22-17-8-11-21-12-9-17)13-19-10-4-7-18(19)15-5-2-1-3-6-15/h15-18,20H,1-14H2. The zero-order valence-electron chi connectivity index (χ0n) is 13.9. The molecular formula is C18H33NO3. The molecule has 2 heterocycles. The Kier molecular flexibility index (Phi) is 6.54. The van der Waals surface area contributed by atoms with Crippen LogP contribution in [-0.4, -0.2) is 61.2 Å². The molecule has 3 fully saturated rings. The van der Waals surface area contributed by atoms with E-state index in [1.54, 1.807) is 0 Å². The van der Waals surface area contributed by atoms with Gasteiger partial charge < -0.3 is 14.6 Å². The Bertz CT molecular complexity index is 313. The molecule has 3 aliphatic rings. The number of β-amino-alcohol motifs (C(OH)–C–C–N with tert-alkyl or cyclic N) is 1. The lowest BCUT2D eigenvalue weighted by atomic mass is 9.83. The van der Waals surface area contributed by atoms with Gasteiger partial charge in [-0.1, -0.05) is 19.3 Å². The maximum absolute atomic E-state index is 10.4. The smallest absolute Gasteiger partial charge is 0.0900 e. The van der Waals surface area contributed by atoms with Crippen molar-refractivity contribution in [1.82, 2.24) is 4.90 Å². The van der Waals surface area contributed by atoms with Gasteiger partial charge in [0, 0.05) is 25.8 Å². The van der Waals surface area contributed by atoms with Gasteiger partial charge in [0.15, 0.2) is 0 Å². The predicted octanol–water partition coefficient (Wildman–Crippen LogP) is 2.59. The van der Waals surface area contributed by atoms with Crippen molar-refractivity contribution in [2.45, 2.75) is 76.0 Å². The van der Waals surface area contributed by atoms with Crippen LogP contribution in [0.15, 0.2) is 0 Å². The Hall–Kier alpha value is -0.160. The molecule has 4 heteroatoms. The van der Waals surface area contributed by atoms with Crippen LogP contribution in [0.1, 0.15) is 57.8 Å². The molecule has 22 heavy (non-hydrogen) atoms. The summed E-state index contributed by atoms with van der Waals surface area (Å²) in [6, 6.07) is 0.720. The van der Waals surface area contributed by atoms with Crippen LogP contribution in [-0.2, 0) is 9.47 Å². The molecule has 0 aromatic heterocycles. The summed E-state index contributed by atoms with van der Waals surface area (Å²) in [5.41, 5.74) is 0. The summed E-state index contributed by atoms with van der Waals surface area (Å²) in [6.45, 7) is 4.05. The van der Waals surface area contributed by atoms with Gasteiger partial charge in [-0.05, 0) is 51.0 Å². The fourth-order valence-corrected chi connectivity index (χ4v) is 4.54. The van der Waals surface area contributed by atoms with Gasteiger partial charge in [-0.15, -0.1) is 0 Å². The Balaban J connectivity index is 1.40. The van der Waals surface area contributed by atoms with Crippen molar-refractivity contribution < 1.29 is 14.6 Å². The Labute approximate surface area is 135 Å². The van der Waals surface area contributed by atoms with E-state index in [0.717, 1.165) is 51.1 Å². The second kappa shape index (κ2) is 8.62. The summed E-state index contributed by atoms with van der Waals surface area (Å²) in [6.07, 6.45) is 11.6. The molecule has 1 N–H and O–H groups in total. The molecule has 1 saturated carbocycles. The first-order valence-corrected chi connectivity index (χ1v) is 9.44. The number of aliphatic hydroxyl groups is 1. The van der Waals surface area contributed by atoms with E-state index in [0.29, 0.717) is 6.61 Å². The Morgan fingerprint density at radius 1 is 1.00 bits per heavy atom. The van der Waals surface area contributed by atoms with Crippen LogP contribution in [0.25, 0.3) is 0 Å². The summed E-state index contributed by atoms with van der Waals surface area (Å²) >= 11 is 0. The van der Waals surface area contributed by atoms with E-state index in [9.17, 15) is 5.11 Å². The second-order valence-corrected chi connectivity index (χ2v) is 7.40. The number of likely N-dealkylation sites (tertiary alicyclic amines) is 1. The fourth-order valence-electron chi connectivity index (χ4n) is 4.54. The fraction of sp³-hybridized carbons (Fsp3) is 1.00. The van der Waals surface area contributed by atoms with Crippen LogP contribution < -0.4 is 0 Å². The lowest BCUT2D eigenvalue weighted by Gasteiger charge is -2.35. The molecule has 0 amide bonds. The van der Waals surface area contributed by atoms with Crippen molar-refractivity contribution in [3.8, 4) is 0 Å². The van der Waals surface area contributed by atoms with Gasteiger partial charge in [-0.25, -0.2) is 0 Å². The summed E-state index contributed by atoms with van der Waals surface area (Å²) in [5.74, 6) is 0.875.